The third-order valence-corrected chi connectivity index (χ3v) is 4.58. The molecular weight excluding hydrogens is 340 g/mol. The molecule has 0 spiro atoms. The molecule has 2 aromatic carbocycles. The summed E-state index contributed by atoms with van der Waals surface area (Å²) in [6, 6.07) is 15.9. The van der Waals surface area contributed by atoms with Crippen molar-refractivity contribution in [1.82, 2.24) is 0 Å². The number of benzene rings is 2. The first-order valence-electron chi connectivity index (χ1n) is 9.10. The van der Waals surface area contributed by atoms with Crippen LogP contribution in [-0.2, 0) is 4.74 Å². The fourth-order valence-corrected chi connectivity index (χ4v) is 2.67. The summed E-state index contributed by atoms with van der Waals surface area (Å²) in [5.74, 6) is 0. The Labute approximate surface area is 161 Å². The number of nitrogens with two attached hydrogens (primary N) is 4. The van der Waals surface area contributed by atoms with Gasteiger partial charge in [0, 0.05) is 38.6 Å². The maximum atomic E-state index is 5.78. The summed E-state index contributed by atoms with van der Waals surface area (Å²) < 4.78 is 5.78. The van der Waals surface area contributed by atoms with Gasteiger partial charge in [-0.05, 0) is 35.4 Å². The predicted octanol–water partition coefficient (Wildman–Crippen LogP) is 1.11. The molecule has 7 nitrogen and oxygen atoms in total. The second-order valence-electron chi connectivity index (χ2n) is 6.69. The highest BCUT2D eigenvalue weighted by Gasteiger charge is 2.05. The van der Waals surface area contributed by atoms with Crippen LogP contribution in [0.1, 0.15) is 23.5 Å². The summed E-state index contributed by atoms with van der Waals surface area (Å²) in [5, 5.41) is 0. The van der Waals surface area contributed by atoms with E-state index in [0.717, 1.165) is 35.6 Å². The number of hydrogen-bond acceptors (Lipinski definition) is 7. The van der Waals surface area contributed by atoms with Gasteiger partial charge in [0.2, 0.25) is 0 Å². The van der Waals surface area contributed by atoms with Crippen molar-refractivity contribution in [2.45, 2.75) is 12.3 Å². The van der Waals surface area contributed by atoms with Crippen LogP contribution in [0.25, 0.3) is 0 Å². The molecule has 148 valence electrons. The monoisotopic (exact) mass is 372 g/mol. The maximum Gasteiger partial charge on any atom is 0.0784 e. The molecule has 7 heteroatoms. The molecule has 0 aliphatic carbocycles. The van der Waals surface area contributed by atoms with Crippen LogP contribution in [0.5, 0.6) is 0 Å². The minimum Gasteiger partial charge on any atom is -0.378 e. The molecule has 0 aromatic heterocycles. The van der Waals surface area contributed by atoms with Crippen molar-refractivity contribution >= 4 is 11.4 Å². The molecule has 0 amide bonds. The highest BCUT2D eigenvalue weighted by atomic mass is 16.5. The predicted molar refractivity (Wildman–Crippen MR) is 112 cm³/mol. The highest BCUT2D eigenvalue weighted by Crippen LogP contribution is 2.16. The van der Waals surface area contributed by atoms with Crippen LogP contribution in [0, 0.1) is 0 Å². The van der Waals surface area contributed by atoms with Gasteiger partial charge in [0.25, 0.3) is 0 Å². The van der Waals surface area contributed by atoms with Crippen molar-refractivity contribution in [1.29, 1.82) is 0 Å². The van der Waals surface area contributed by atoms with Crippen LogP contribution in [0.15, 0.2) is 48.5 Å². The molecule has 0 heterocycles. The largest absolute Gasteiger partial charge is 0.378 e. The first-order chi connectivity index (χ1) is 12.9. The van der Waals surface area contributed by atoms with Crippen molar-refractivity contribution in [3.8, 4) is 0 Å². The molecule has 0 bridgehead atoms. The number of nitrogens with zero attached hydrogens (tertiary/aromatic N) is 2. The quantitative estimate of drug-likeness (QED) is 0.364. The van der Waals surface area contributed by atoms with E-state index in [9.17, 15) is 0 Å². The Morgan fingerprint density at radius 1 is 0.667 bits per heavy atom. The van der Waals surface area contributed by atoms with Crippen LogP contribution in [-0.4, -0.2) is 40.4 Å². The van der Waals surface area contributed by atoms with Crippen molar-refractivity contribution < 1.29 is 4.74 Å². The maximum absolute atomic E-state index is 5.78. The van der Waals surface area contributed by atoms with E-state index in [2.05, 4.69) is 9.80 Å². The molecule has 0 saturated heterocycles. The third-order valence-electron chi connectivity index (χ3n) is 4.58. The van der Waals surface area contributed by atoms with Gasteiger partial charge in [0.05, 0.1) is 25.5 Å². The van der Waals surface area contributed by atoms with Crippen molar-refractivity contribution in [3.05, 3.63) is 59.7 Å². The molecule has 0 atom stereocenters. The van der Waals surface area contributed by atoms with E-state index in [0.29, 0.717) is 13.2 Å². The fraction of sp³-hybridized carbons (Fsp3) is 0.400. The van der Waals surface area contributed by atoms with E-state index in [1.807, 2.05) is 62.6 Å². The van der Waals surface area contributed by atoms with Gasteiger partial charge in [-0.3, -0.25) is 0 Å². The number of rotatable bonds is 10. The number of hydrogen-bond donors (Lipinski definition) is 4. The molecule has 8 N–H and O–H groups in total. The molecule has 0 saturated carbocycles. The lowest BCUT2D eigenvalue weighted by atomic mass is 10.1. The zero-order valence-corrected chi connectivity index (χ0v) is 16.2. The topological polar surface area (TPSA) is 120 Å². The van der Waals surface area contributed by atoms with Crippen LogP contribution in [0.2, 0.25) is 0 Å². The minimum absolute atomic E-state index is 0.437. The second-order valence-corrected chi connectivity index (χ2v) is 6.69. The Kier molecular flexibility index (Phi) is 8.02. The van der Waals surface area contributed by atoms with Gasteiger partial charge in [0.15, 0.2) is 0 Å². The van der Waals surface area contributed by atoms with Gasteiger partial charge in [-0.1, -0.05) is 24.3 Å². The van der Waals surface area contributed by atoms with E-state index in [4.69, 9.17) is 27.7 Å². The molecule has 0 fully saturated rings. The smallest absolute Gasteiger partial charge is 0.0784 e. The minimum atomic E-state index is -0.437. The van der Waals surface area contributed by atoms with E-state index in [1.165, 1.54) is 0 Å². The standard InChI is InChI=1S/C20H32N6O/c1-25(17-7-3-15(4-8-17)19(21)22)11-13-27-14-12-26(2)18-9-5-16(6-10-18)20(23)24/h3-10,19-20H,11-14,21-24H2,1-2H3. The van der Waals surface area contributed by atoms with Crippen LogP contribution in [0.4, 0.5) is 11.4 Å². The van der Waals surface area contributed by atoms with E-state index in [-0.39, 0.29) is 0 Å². The highest BCUT2D eigenvalue weighted by molar-refractivity contribution is 5.48. The van der Waals surface area contributed by atoms with Crippen molar-refractivity contribution in [2.24, 2.45) is 22.9 Å². The van der Waals surface area contributed by atoms with E-state index in [1.54, 1.807) is 0 Å². The third kappa shape index (κ3) is 6.50. The van der Waals surface area contributed by atoms with E-state index < -0.39 is 12.3 Å². The molecule has 0 aliphatic heterocycles. The Balaban J connectivity index is 1.68. The van der Waals surface area contributed by atoms with Crippen molar-refractivity contribution in [3.63, 3.8) is 0 Å². The van der Waals surface area contributed by atoms with Crippen molar-refractivity contribution in [2.75, 3.05) is 50.2 Å². The first kappa shape index (κ1) is 21.1. The first-order valence-corrected chi connectivity index (χ1v) is 9.10. The molecule has 2 rings (SSSR count). The Morgan fingerprint density at radius 2 is 1.00 bits per heavy atom. The Hall–Kier alpha value is -2.16. The summed E-state index contributed by atoms with van der Waals surface area (Å²) in [4.78, 5) is 4.29. The zero-order chi connectivity index (χ0) is 19.8. The van der Waals surface area contributed by atoms with Crippen LogP contribution in [0.3, 0.4) is 0 Å². The van der Waals surface area contributed by atoms with Gasteiger partial charge >= 0.3 is 0 Å². The molecular formula is C20H32N6O. The van der Waals surface area contributed by atoms with Gasteiger partial charge < -0.3 is 37.5 Å². The summed E-state index contributed by atoms with van der Waals surface area (Å²) in [7, 11) is 4.08. The van der Waals surface area contributed by atoms with Gasteiger partial charge in [-0.15, -0.1) is 0 Å². The Bertz CT molecular complexity index is 612. The summed E-state index contributed by atoms with van der Waals surface area (Å²) in [6.45, 7) is 2.93. The lowest BCUT2D eigenvalue weighted by Crippen LogP contribution is -2.26. The Morgan fingerprint density at radius 3 is 1.30 bits per heavy atom. The second kappa shape index (κ2) is 10.2. The number of anilines is 2. The molecule has 2 aromatic rings. The van der Waals surface area contributed by atoms with Gasteiger partial charge in [-0.25, -0.2) is 0 Å². The number of likely N-dealkylation sites (N-methyl/N-ethyl adjacent to an activating group) is 2. The SMILES string of the molecule is CN(CCOCCN(C)c1ccc(C(N)N)cc1)c1ccc(C(N)N)cc1. The lowest BCUT2D eigenvalue weighted by molar-refractivity contribution is 0.147. The van der Waals surface area contributed by atoms with Crippen LogP contribution < -0.4 is 32.7 Å². The van der Waals surface area contributed by atoms with Gasteiger partial charge in [0.1, 0.15) is 0 Å². The average Bonchev–Trinajstić information content (AvgIpc) is 2.67. The molecule has 27 heavy (non-hydrogen) atoms. The van der Waals surface area contributed by atoms with Crippen LogP contribution >= 0.6 is 0 Å². The lowest BCUT2D eigenvalue weighted by Gasteiger charge is -2.22. The van der Waals surface area contributed by atoms with Gasteiger partial charge in [-0.2, -0.15) is 0 Å². The van der Waals surface area contributed by atoms with E-state index >= 15 is 0 Å². The number of ether oxygens (including phenoxy) is 1. The summed E-state index contributed by atoms with van der Waals surface area (Å²) >= 11 is 0. The zero-order valence-electron chi connectivity index (χ0n) is 16.2. The summed E-state index contributed by atoms with van der Waals surface area (Å²) in [5.41, 5.74) is 26.7. The molecule has 0 aliphatic rings. The fourth-order valence-electron chi connectivity index (χ4n) is 2.67. The average molecular weight is 373 g/mol. The normalized spacial score (nSPS) is 11.3. The molecule has 0 unspecified atom stereocenters. The summed E-state index contributed by atoms with van der Waals surface area (Å²) in [6.07, 6.45) is -0.874. The molecule has 0 radical (unpaired) electrons.